The Morgan fingerprint density at radius 3 is 2.55 bits per heavy atom. The van der Waals surface area contributed by atoms with E-state index < -0.39 is 0 Å². The lowest BCUT2D eigenvalue weighted by molar-refractivity contribution is 0.102. The third-order valence-electron chi connectivity index (χ3n) is 2.40. The molecule has 0 fully saturated rings. The molecule has 1 aromatic heterocycles. The van der Waals surface area contributed by atoms with Gasteiger partial charge in [-0.1, -0.05) is 34.8 Å². The van der Waals surface area contributed by atoms with Gasteiger partial charge in [-0.25, -0.2) is 4.98 Å². The van der Waals surface area contributed by atoms with Crippen molar-refractivity contribution in [3.8, 4) is 0 Å². The Labute approximate surface area is 134 Å². The second kappa shape index (κ2) is 6.28. The van der Waals surface area contributed by atoms with Gasteiger partial charge in [0.2, 0.25) is 0 Å². The molecule has 20 heavy (non-hydrogen) atoms. The fourth-order valence-corrected chi connectivity index (χ4v) is 2.76. The normalized spacial score (nSPS) is 12.2. The molecule has 3 N–H and O–H groups in total. The summed E-state index contributed by atoms with van der Waals surface area (Å²) in [5.74, 6) is -0.381. The van der Waals surface area contributed by atoms with E-state index in [0.717, 1.165) is 0 Å². The minimum absolute atomic E-state index is 0.213. The highest BCUT2D eigenvalue weighted by Gasteiger charge is 2.15. The lowest BCUT2D eigenvalue weighted by Gasteiger charge is -2.07. The number of anilines is 1. The molecule has 2 aromatic rings. The molecule has 0 aliphatic heterocycles. The molecule has 0 saturated carbocycles. The lowest BCUT2D eigenvalue weighted by atomic mass is 10.3. The van der Waals surface area contributed by atoms with E-state index in [-0.39, 0.29) is 17.6 Å². The molecule has 0 spiro atoms. The first-order valence-corrected chi connectivity index (χ1v) is 7.56. The van der Waals surface area contributed by atoms with Crippen molar-refractivity contribution in [3.63, 3.8) is 0 Å². The fraction of sp³-hybridized carbons (Fsp3) is 0.167. The van der Waals surface area contributed by atoms with Crippen LogP contribution in [0.15, 0.2) is 17.5 Å². The van der Waals surface area contributed by atoms with Gasteiger partial charge < -0.3 is 11.1 Å². The summed E-state index contributed by atoms with van der Waals surface area (Å²) in [6.45, 7) is 1.80. The van der Waals surface area contributed by atoms with Crippen LogP contribution >= 0.6 is 46.1 Å². The number of nitrogens with two attached hydrogens (primary N) is 1. The van der Waals surface area contributed by atoms with E-state index in [0.29, 0.717) is 25.8 Å². The smallest absolute Gasteiger partial charge is 0.275 e. The number of hydrogen-bond donors (Lipinski definition) is 2. The maximum Gasteiger partial charge on any atom is 0.275 e. The van der Waals surface area contributed by atoms with Gasteiger partial charge in [-0.05, 0) is 19.1 Å². The number of rotatable bonds is 3. The number of halogens is 3. The molecule has 0 saturated heterocycles. The summed E-state index contributed by atoms with van der Waals surface area (Å²) in [7, 11) is 0. The van der Waals surface area contributed by atoms with E-state index in [2.05, 4.69) is 10.3 Å². The third-order valence-corrected chi connectivity index (χ3v) is 4.48. The molecule has 0 radical (unpaired) electrons. The molecule has 0 aliphatic rings. The third kappa shape index (κ3) is 3.42. The minimum atomic E-state index is -0.381. The van der Waals surface area contributed by atoms with Crippen molar-refractivity contribution in [2.24, 2.45) is 5.73 Å². The number of nitrogens with one attached hydrogen (secondary N) is 1. The molecule has 106 valence electrons. The van der Waals surface area contributed by atoms with Crippen LogP contribution in [0, 0.1) is 0 Å². The van der Waals surface area contributed by atoms with E-state index in [9.17, 15) is 4.79 Å². The number of benzene rings is 1. The monoisotopic (exact) mass is 349 g/mol. The Bertz CT molecular complexity index is 657. The van der Waals surface area contributed by atoms with Gasteiger partial charge >= 0.3 is 0 Å². The summed E-state index contributed by atoms with van der Waals surface area (Å²) in [4.78, 5) is 16.2. The molecule has 0 aliphatic carbocycles. The highest BCUT2D eigenvalue weighted by atomic mass is 35.5. The highest BCUT2D eigenvalue weighted by Crippen LogP contribution is 2.32. The van der Waals surface area contributed by atoms with Crippen molar-refractivity contribution in [1.82, 2.24) is 4.98 Å². The van der Waals surface area contributed by atoms with Crippen LogP contribution in [-0.2, 0) is 0 Å². The Morgan fingerprint density at radius 2 is 1.95 bits per heavy atom. The van der Waals surface area contributed by atoms with Crippen molar-refractivity contribution in [1.29, 1.82) is 0 Å². The Morgan fingerprint density at radius 1 is 1.30 bits per heavy atom. The van der Waals surface area contributed by atoms with E-state index in [1.54, 1.807) is 12.3 Å². The summed E-state index contributed by atoms with van der Waals surface area (Å²) in [5.41, 5.74) is 6.36. The molecule has 0 bridgehead atoms. The standard InChI is InChI=1S/C12H10Cl3N3OS/c1-5(16)12-18-10(4-20-12)11(19)17-9-3-7(14)6(13)2-8(9)15/h2-5H,16H2,1H3,(H,17,19). The van der Waals surface area contributed by atoms with Crippen LogP contribution in [0.2, 0.25) is 15.1 Å². The van der Waals surface area contributed by atoms with Gasteiger partial charge in [0.1, 0.15) is 10.7 Å². The Kier molecular flexibility index (Phi) is 4.88. The topological polar surface area (TPSA) is 68.0 Å². The Balaban J connectivity index is 2.21. The number of carbonyl (C=O) groups excluding carboxylic acids is 1. The SMILES string of the molecule is CC(N)c1nc(C(=O)Nc2cc(Cl)c(Cl)cc2Cl)cs1. The van der Waals surface area contributed by atoms with Crippen molar-refractivity contribution in [2.45, 2.75) is 13.0 Å². The molecular formula is C12H10Cl3N3OS. The number of hydrogen-bond acceptors (Lipinski definition) is 4. The van der Waals surface area contributed by atoms with Crippen molar-refractivity contribution >= 4 is 57.7 Å². The largest absolute Gasteiger partial charge is 0.322 e. The number of carbonyl (C=O) groups is 1. The zero-order valence-electron chi connectivity index (χ0n) is 10.3. The summed E-state index contributed by atoms with van der Waals surface area (Å²) >= 11 is 19.0. The van der Waals surface area contributed by atoms with Crippen molar-refractivity contribution in [2.75, 3.05) is 5.32 Å². The number of nitrogens with zero attached hydrogens (tertiary/aromatic N) is 1. The first-order valence-electron chi connectivity index (χ1n) is 5.55. The quantitative estimate of drug-likeness (QED) is 0.807. The van der Waals surface area contributed by atoms with E-state index >= 15 is 0 Å². The fourth-order valence-electron chi connectivity index (χ4n) is 1.41. The summed E-state index contributed by atoms with van der Waals surface area (Å²) in [6, 6.07) is 2.74. The number of thiazole rings is 1. The molecule has 8 heteroatoms. The van der Waals surface area contributed by atoms with Crippen LogP contribution < -0.4 is 11.1 Å². The predicted molar refractivity (Wildman–Crippen MR) is 84.1 cm³/mol. The average Bonchev–Trinajstić information content (AvgIpc) is 2.85. The molecular weight excluding hydrogens is 341 g/mol. The van der Waals surface area contributed by atoms with Crippen LogP contribution in [0.1, 0.15) is 28.5 Å². The molecule has 1 unspecified atom stereocenters. The summed E-state index contributed by atoms with van der Waals surface area (Å²) in [5, 5.41) is 5.89. The number of aromatic nitrogens is 1. The van der Waals surface area contributed by atoms with Gasteiger partial charge in [0.15, 0.2) is 0 Å². The Hall–Kier alpha value is -0.850. The van der Waals surface area contributed by atoms with Crippen LogP contribution in [0.25, 0.3) is 0 Å². The van der Waals surface area contributed by atoms with Crippen molar-refractivity contribution < 1.29 is 4.79 Å². The number of amides is 1. The molecule has 1 amide bonds. The molecule has 2 rings (SSSR count). The zero-order valence-corrected chi connectivity index (χ0v) is 13.4. The molecule has 1 heterocycles. The summed E-state index contributed by atoms with van der Waals surface area (Å²) in [6.07, 6.45) is 0. The maximum atomic E-state index is 12.1. The van der Waals surface area contributed by atoms with E-state index in [1.807, 2.05) is 0 Å². The minimum Gasteiger partial charge on any atom is -0.322 e. The second-order valence-corrected chi connectivity index (χ2v) is 6.17. The van der Waals surface area contributed by atoms with E-state index in [1.165, 1.54) is 23.5 Å². The van der Waals surface area contributed by atoms with Gasteiger partial charge in [-0.3, -0.25) is 4.79 Å². The average molecular weight is 351 g/mol. The zero-order chi connectivity index (χ0) is 14.9. The first kappa shape index (κ1) is 15.5. The molecule has 4 nitrogen and oxygen atoms in total. The molecule has 1 atom stereocenters. The van der Waals surface area contributed by atoms with Gasteiger partial charge in [-0.2, -0.15) is 0 Å². The van der Waals surface area contributed by atoms with Crippen LogP contribution in [-0.4, -0.2) is 10.9 Å². The molecule has 1 aromatic carbocycles. The summed E-state index contributed by atoms with van der Waals surface area (Å²) < 4.78 is 0. The van der Waals surface area contributed by atoms with Crippen LogP contribution in [0.3, 0.4) is 0 Å². The van der Waals surface area contributed by atoms with Crippen molar-refractivity contribution in [3.05, 3.63) is 43.3 Å². The first-order chi connectivity index (χ1) is 9.38. The van der Waals surface area contributed by atoms with Gasteiger partial charge in [0.05, 0.1) is 26.8 Å². The van der Waals surface area contributed by atoms with Crippen LogP contribution in [0.5, 0.6) is 0 Å². The van der Waals surface area contributed by atoms with Gasteiger partial charge in [0.25, 0.3) is 5.91 Å². The predicted octanol–water partition coefficient (Wildman–Crippen LogP) is 4.38. The lowest BCUT2D eigenvalue weighted by Crippen LogP contribution is -2.13. The van der Waals surface area contributed by atoms with Gasteiger partial charge in [0, 0.05) is 5.38 Å². The maximum absolute atomic E-state index is 12.1. The second-order valence-electron chi connectivity index (χ2n) is 4.06. The van der Waals surface area contributed by atoms with Crippen LogP contribution in [0.4, 0.5) is 5.69 Å². The van der Waals surface area contributed by atoms with E-state index in [4.69, 9.17) is 40.5 Å². The highest BCUT2D eigenvalue weighted by molar-refractivity contribution is 7.09. The van der Waals surface area contributed by atoms with Gasteiger partial charge in [-0.15, -0.1) is 11.3 Å².